The molecule has 5 saturated heterocycles. The van der Waals surface area contributed by atoms with Crippen LogP contribution < -0.4 is 19.3 Å². The van der Waals surface area contributed by atoms with Crippen molar-refractivity contribution in [3.05, 3.63) is 106 Å². The first-order chi connectivity index (χ1) is 31.1. The molecule has 0 radical (unpaired) electrons. The number of aromatic amines is 1. The number of nitrogens with one attached hydrogen (secondary N) is 2. The number of anilines is 2. The SMILES string of the molecule is CC(C)c1ccccc1C1CCCN1C1CC2(CCN(c3cc(Oc4cnc5[nH]ccc5c4)c(C(=O)NSc4ccc(N5CC6(CCN(C7COC7)C6)C5)c([N+](=O)[O-])c4)cn3)CC2)C1. The molecule has 1 saturated carbocycles. The zero-order valence-electron chi connectivity index (χ0n) is 36.7. The van der Waals surface area contributed by atoms with E-state index < -0.39 is 5.91 Å². The summed E-state index contributed by atoms with van der Waals surface area (Å²) in [6.45, 7) is 12.8. The van der Waals surface area contributed by atoms with Gasteiger partial charge in [0.25, 0.3) is 11.6 Å². The summed E-state index contributed by atoms with van der Waals surface area (Å²) in [5.74, 6) is 1.75. The van der Waals surface area contributed by atoms with E-state index >= 15 is 0 Å². The van der Waals surface area contributed by atoms with Crippen LogP contribution in [-0.2, 0) is 4.74 Å². The van der Waals surface area contributed by atoms with Gasteiger partial charge < -0.3 is 24.3 Å². The highest BCUT2D eigenvalue weighted by atomic mass is 32.2. The van der Waals surface area contributed by atoms with Crippen molar-refractivity contribution >= 4 is 46.1 Å². The monoisotopic (exact) mass is 883 g/mol. The second kappa shape index (κ2) is 16.6. The summed E-state index contributed by atoms with van der Waals surface area (Å²) >= 11 is 1.05. The van der Waals surface area contributed by atoms with Gasteiger partial charge in [-0.05, 0) is 117 Å². The minimum absolute atomic E-state index is 0.0346. The molecule has 2 N–H and O–H groups in total. The molecule has 11 rings (SSSR count). The first-order valence-electron chi connectivity index (χ1n) is 23.1. The maximum absolute atomic E-state index is 14.0. The Kier molecular flexibility index (Phi) is 10.8. The number of aromatic nitrogens is 3. The van der Waals surface area contributed by atoms with Crippen molar-refractivity contribution < 1.29 is 19.2 Å². The summed E-state index contributed by atoms with van der Waals surface area (Å²) < 4.78 is 14.8. The van der Waals surface area contributed by atoms with Gasteiger partial charge in [-0.2, -0.15) is 0 Å². The summed E-state index contributed by atoms with van der Waals surface area (Å²) in [6.07, 6.45) is 13.4. The molecule has 14 nitrogen and oxygen atoms in total. The molecule has 2 spiro atoms. The Morgan fingerprint density at radius 3 is 2.53 bits per heavy atom. The Morgan fingerprint density at radius 2 is 1.75 bits per heavy atom. The molecule has 2 aromatic carbocycles. The number of piperidine rings is 1. The standard InChI is InChI=1S/C49H57N9O5S/c1-32(2)38-6-3-4-7-39(38)41-8-5-16-57(41)34-23-48(24-34)12-17-54(18-13-48)45-22-44(63-36-20-33-11-15-50-46(33)52-25-36)40(26-51-45)47(59)53-64-37-9-10-42(43(21-37)58(60)61)56-30-49(31-56)14-19-55(29-49)35-27-62-28-35/h3-4,6-7,9-11,15,20-22,25-26,32,34-35,41H,5,8,12-14,16-19,23-24,27-31H2,1-2H3,(H,50,52)(H,53,59). The number of likely N-dealkylation sites (tertiary alicyclic amines) is 2. The van der Waals surface area contributed by atoms with Crippen LogP contribution in [-0.4, -0.2) is 107 Å². The summed E-state index contributed by atoms with van der Waals surface area (Å²) in [7, 11) is 0. The number of rotatable bonds is 12. The molecular weight excluding hydrogens is 827 g/mol. The molecule has 1 atom stereocenters. The summed E-state index contributed by atoms with van der Waals surface area (Å²) in [6, 6.07) is 21.6. The van der Waals surface area contributed by atoms with Crippen LogP contribution in [0.15, 0.2) is 84.1 Å². The summed E-state index contributed by atoms with van der Waals surface area (Å²) in [5.41, 5.74) is 5.20. The zero-order valence-corrected chi connectivity index (χ0v) is 37.5. The van der Waals surface area contributed by atoms with Crippen molar-refractivity contribution in [3.8, 4) is 11.5 Å². The number of H-pyrrole nitrogens is 1. The number of pyridine rings is 2. The quantitative estimate of drug-likeness (QED) is 0.0703. The van der Waals surface area contributed by atoms with Crippen LogP contribution in [0.2, 0.25) is 0 Å². The van der Waals surface area contributed by atoms with Gasteiger partial charge >= 0.3 is 0 Å². The third-order valence-electron chi connectivity index (χ3n) is 15.3. The van der Waals surface area contributed by atoms with Crippen molar-refractivity contribution in [1.29, 1.82) is 0 Å². The molecule has 1 unspecified atom stereocenters. The largest absolute Gasteiger partial charge is 0.455 e. The van der Waals surface area contributed by atoms with Crippen LogP contribution in [0.4, 0.5) is 17.2 Å². The highest BCUT2D eigenvalue weighted by Crippen LogP contribution is 2.54. The Labute approximate surface area is 378 Å². The number of hydrogen-bond donors (Lipinski definition) is 2. The number of nitro benzene ring substituents is 1. The lowest BCUT2D eigenvalue weighted by molar-refractivity contribution is -0.384. The van der Waals surface area contributed by atoms with Gasteiger partial charge in [0, 0.05) is 85.0 Å². The first kappa shape index (κ1) is 41.5. The molecule has 15 heteroatoms. The van der Waals surface area contributed by atoms with E-state index in [9.17, 15) is 14.9 Å². The molecule has 0 bridgehead atoms. The van der Waals surface area contributed by atoms with E-state index in [2.05, 4.69) is 72.4 Å². The van der Waals surface area contributed by atoms with Gasteiger partial charge in [-0.25, -0.2) is 9.97 Å². The predicted molar refractivity (Wildman–Crippen MR) is 248 cm³/mol. The van der Waals surface area contributed by atoms with Gasteiger partial charge in [0.05, 0.1) is 30.4 Å². The number of amides is 1. The van der Waals surface area contributed by atoms with Crippen LogP contribution in [0.3, 0.4) is 0 Å². The van der Waals surface area contributed by atoms with E-state index in [4.69, 9.17) is 14.5 Å². The van der Waals surface area contributed by atoms with E-state index in [0.29, 0.717) is 51.5 Å². The van der Waals surface area contributed by atoms with Gasteiger partial charge in [-0.15, -0.1) is 0 Å². The number of nitro groups is 1. The molecule has 1 amide bonds. The van der Waals surface area contributed by atoms with E-state index in [0.717, 1.165) is 101 Å². The van der Waals surface area contributed by atoms with Crippen molar-refractivity contribution in [3.63, 3.8) is 0 Å². The lowest BCUT2D eigenvalue weighted by Crippen LogP contribution is -2.59. The summed E-state index contributed by atoms with van der Waals surface area (Å²) in [5, 5.41) is 13.3. The van der Waals surface area contributed by atoms with Crippen LogP contribution in [0.5, 0.6) is 11.5 Å². The van der Waals surface area contributed by atoms with Gasteiger partial charge in [-0.1, -0.05) is 38.1 Å². The minimum atomic E-state index is -0.414. The van der Waals surface area contributed by atoms with Gasteiger partial charge in [0.1, 0.15) is 34.2 Å². The Hall–Kier alpha value is -5.22. The van der Waals surface area contributed by atoms with Crippen molar-refractivity contribution in [2.75, 3.05) is 68.8 Å². The third kappa shape index (κ3) is 7.77. The minimum Gasteiger partial charge on any atom is -0.455 e. The molecule has 5 aromatic rings. The number of ether oxygens (including phenoxy) is 2. The van der Waals surface area contributed by atoms with Crippen LogP contribution in [0, 0.1) is 20.9 Å². The van der Waals surface area contributed by atoms with Crippen LogP contribution in [0.1, 0.15) is 92.2 Å². The molecule has 1 aliphatic carbocycles. The zero-order chi connectivity index (χ0) is 43.6. The van der Waals surface area contributed by atoms with Crippen molar-refractivity contribution in [1.82, 2.24) is 29.5 Å². The number of nitrogens with zero attached hydrogens (tertiary/aromatic N) is 7. The molecule has 3 aromatic heterocycles. The fourth-order valence-electron chi connectivity index (χ4n) is 11.7. The van der Waals surface area contributed by atoms with E-state index in [1.807, 2.05) is 36.5 Å². The van der Waals surface area contributed by atoms with Gasteiger partial charge in [-0.3, -0.25) is 29.4 Å². The van der Waals surface area contributed by atoms with E-state index in [1.165, 1.54) is 43.4 Å². The first-order valence-corrected chi connectivity index (χ1v) is 24.0. The molecule has 64 heavy (non-hydrogen) atoms. The van der Waals surface area contributed by atoms with Crippen LogP contribution in [0.25, 0.3) is 11.0 Å². The second-order valence-corrected chi connectivity index (χ2v) is 20.5. The summed E-state index contributed by atoms with van der Waals surface area (Å²) in [4.78, 5) is 48.8. The smallest absolute Gasteiger partial charge is 0.293 e. The number of carbonyl (C=O) groups is 1. The van der Waals surface area contributed by atoms with E-state index in [-0.39, 0.29) is 21.6 Å². The highest BCUT2D eigenvalue weighted by molar-refractivity contribution is 7.98. The number of hydrogen-bond acceptors (Lipinski definition) is 12. The second-order valence-electron chi connectivity index (χ2n) is 19.7. The molecule has 6 fully saturated rings. The van der Waals surface area contributed by atoms with Crippen molar-refractivity contribution in [2.24, 2.45) is 10.8 Å². The third-order valence-corrected chi connectivity index (χ3v) is 16.1. The topological polar surface area (TPSA) is 145 Å². The van der Waals surface area contributed by atoms with Crippen LogP contribution >= 0.6 is 11.9 Å². The lowest BCUT2D eigenvalue weighted by Gasteiger charge is -2.56. The maximum Gasteiger partial charge on any atom is 0.293 e. The van der Waals surface area contributed by atoms with E-state index in [1.54, 1.807) is 18.5 Å². The molecule has 5 aliphatic heterocycles. The molecule has 8 heterocycles. The molecular formula is C49H57N9O5S. The normalized spacial score (nSPS) is 22.3. The maximum atomic E-state index is 14.0. The predicted octanol–water partition coefficient (Wildman–Crippen LogP) is 8.72. The number of benzene rings is 2. The highest BCUT2D eigenvalue weighted by Gasteiger charge is 2.52. The number of fused-ring (bicyclic) bond motifs is 1. The average molecular weight is 884 g/mol. The molecule has 334 valence electrons. The van der Waals surface area contributed by atoms with Crippen molar-refractivity contribution in [2.45, 2.75) is 87.7 Å². The lowest BCUT2D eigenvalue weighted by atomic mass is 9.60. The number of carbonyl (C=O) groups excluding carboxylic acids is 1. The Morgan fingerprint density at radius 1 is 0.938 bits per heavy atom. The Bertz CT molecular complexity index is 2560. The molecule has 6 aliphatic rings. The van der Waals surface area contributed by atoms with Gasteiger partial charge in [0.2, 0.25) is 0 Å². The Balaban J connectivity index is 0.758. The fraction of sp³-hybridized carbons (Fsp3) is 0.490. The average Bonchev–Trinajstić information content (AvgIpc) is 4.04. The van der Waals surface area contributed by atoms with Gasteiger partial charge in [0.15, 0.2) is 0 Å². The fourth-order valence-corrected chi connectivity index (χ4v) is 12.3.